The van der Waals surface area contributed by atoms with Crippen LogP contribution in [-0.2, 0) is 19.9 Å². The van der Waals surface area contributed by atoms with E-state index in [-0.39, 0.29) is 5.56 Å². The summed E-state index contributed by atoms with van der Waals surface area (Å²) in [7, 11) is 1.62. The molecular formula is C12H15BrN4OS. The Morgan fingerprint density at radius 2 is 2.32 bits per heavy atom. The lowest BCUT2D eigenvalue weighted by molar-refractivity contribution is 0.703. The van der Waals surface area contributed by atoms with E-state index in [4.69, 9.17) is 0 Å². The molecule has 0 aromatic carbocycles. The van der Waals surface area contributed by atoms with Crippen LogP contribution in [0.5, 0.6) is 0 Å². The number of rotatable bonds is 5. The van der Waals surface area contributed by atoms with Crippen molar-refractivity contribution in [3.63, 3.8) is 0 Å². The lowest BCUT2D eigenvalue weighted by Crippen LogP contribution is -2.21. The molecule has 0 saturated heterocycles. The molecule has 19 heavy (non-hydrogen) atoms. The molecule has 0 aliphatic rings. The van der Waals surface area contributed by atoms with Gasteiger partial charge in [-0.05, 0) is 22.4 Å². The van der Waals surface area contributed by atoms with Gasteiger partial charge in [0.1, 0.15) is 4.47 Å². The molecule has 0 aliphatic heterocycles. The van der Waals surface area contributed by atoms with E-state index in [1.807, 2.05) is 0 Å². The first kappa shape index (κ1) is 14.2. The summed E-state index contributed by atoms with van der Waals surface area (Å²) < 4.78 is 1.81. The van der Waals surface area contributed by atoms with Gasteiger partial charge in [0.25, 0.3) is 5.56 Å². The second kappa shape index (κ2) is 6.29. The van der Waals surface area contributed by atoms with Crippen LogP contribution in [0.25, 0.3) is 0 Å². The molecule has 7 heteroatoms. The van der Waals surface area contributed by atoms with E-state index in [9.17, 15) is 4.79 Å². The molecule has 1 N–H and O–H groups in total. The number of aryl methyl sites for hydroxylation is 2. The van der Waals surface area contributed by atoms with Crippen LogP contribution >= 0.6 is 27.3 Å². The van der Waals surface area contributed by atoms with Crippen molar-refractivity contribution in [2.24, 2.45) is 7.05 Å². The summed E-state index contributed by atoms with van der Waals surface area (Å²) in [5, 5.41) is 10.4. The fourth-order valence-electron chi connectivity index (χ4n) is 1.59. The fourth-order valence-corrected chi connectivity index (χ4v) is 2.86. The molecule has 0 amide bonds. The predicted octanol–water partition coefficient (Wildman–Crippen LogP) is 2.22. The molecule has 2 heterocycles. The van der Waals surface area contributed by atoms with Gasteiger partial charge < -0.3 is 5.32 Å². The second-order valence-electron chi connectivity index (χ2n) is 4.06. The number of hydrogen-bond donors (Lipinski definition) is 1. The van der Waals surface area contributed by atoms with Crippen molar-refractivity contribution in [1.82, 2.24) is 14.8 Å². The van der Waals surface area contributed by atoms with Gasteiger partial charge in [0.15, 0.2) is 0 Å². The monoisotopic (exact) mass is 342 g/mol. The molecule has 0 saturated carbocycles. The predicted molar refractivity (Wildman–Crippen MR) is 80.9 cm³/mol. The average molecular weight is 343 g/mol. The Balaban J connectivity index is 1.96. The van der Waals surface area contributed by atoms with Gasteiger partial charge in [0.05, 0.1) is 22.6 Å². The molecule has 2 aromatic rings. The first-order chi connectivity index (χ1) is 9.11. The smallest absolute Gasteiger partial charge is 0.282 e. The number of nitrogens with one attached hydrogen (secondary N) is 1. The maximum Gasteiger partial charge on any atom is 0.282 e. The van der Waals surface area contributed by atoms with Crippen LogP contribution in [0.15, 0.2) is 20.8 Å². The number of anilines is 1. The topological polar surface area (TPSA) is 59.8 Å². The summed E-state index contributed by atoms with van der Waals surface area (Å²) in [6, 6.07) is 0. The van der Waals surface area contributed by atoms with Crippen molar-refractivity contribution >= 4 is 33.0 Å². The molecule has 0 aliphatic carbocycles. The van der Waals surface area contributed by atoms with Crippen LogP contribution in [0.2, 0.25) is 0 Å². The Morgan fingerprint density at radius 1 is 1.53 bits per heavy atom. The van der Waals surface area contributed by atoms with E-state index in [1.54, 1.807) is 24.6 Å². The summed E-state index contributed by atoms with van der Waals surface area (Å²) >= 11 is 4.97. The van der Waals surface area contributed by atoms with Crippen molar-refractivity contribution in [1.29, 1.82) is 0 Å². The summed E-state index contributed by atoms with van der Waals surface area (Å²) in [6.45, 7) is 2.82. The maximum absolute atomic E-state index is 11.7. The molecule has 5 nitrogen and oxygen atoms in total. The van der Waals surface area contributed by atoms with Gasteiger partial charge in [-0.2, -0.15) is 5.10 Å². The highest BCUT2D eigenvalue weighted by Gasteiger charge is 2.06. The number of halogens is 1. The fraction of sp³-hybridized carbons (Fsp3) is 0.417. The van der Waals surface area contributed by atoms with Crippen molar-refractivity contribution < 1.29 is 0 Å². The zero-order valence-electron chi connectivity index (χ0n) is 10.8. The van der Waals surface area contributed by atoms with Crippen molar-refractivity contribution in [2.45, 2.75) is 19.8 Å². The largest absolute Gasteiger partial charge is 0.382 e. The Labute approximate surface area is 123 Å². The maximum atomic E-state index is 11.7. The Hall–Kier alpha value is -1.21. The summed E-state index contributed by atoms with van der Waals surface area (Å²) in [5.41, 5.74) is 1.66. The summed E-state index contributed by atoms with van der Waals surface area (Å²) in [6.07, 6.45) is 3.45. The highest BCUT2D eigenvalue weighted by molar-refractivity contribution is 9.10. The quantitative estimate of drug-likeness (QED) is 0.904. The van der Waals surface area contributed by atoms with Crippen molar-refractivity contribution in [2.75, 3.05) is 11.9 Å². The summed E-state index contributed by atoms with van der Waals surface area (Å²) in [4.78, 5) is 16.2. The second-order valence-corrected chi connectivity index (χ2v) is 5.80. The van der Waals surface area contributed by atoms with Crippen LogP contribution in [0.4, 0.5) is 5.69 Å². The van der Waals surface area contributed by atoms with E-state index in [0.29, 0.717) is 10.2 Å². The number of thiazole rings is 1. The molecular weight excluding hydrogens is 328 g/mol. The van der Waals surface area contributed by atoms with Gasteiger partial charge in [0.2, 0.25) is 0 Å². The summed E-state index contributed by atoms with van der Waals surface area (Å²) in [5.74, 6) is 0. The highest BCUT2D eigenvalue weighted by Crippen LogP contribution is 2.16. The van der Waals surface area contributed by atoms with Crippen LogP contribution in [0.1, 0.15) is 17.6 Å². The van der Waals surface area contributed by atoms with E-state index >= 15 is 0 Å². The average Bonchev–Trinajstić information content (AvgIpc) is 2.87. The van der Waals surface area contributed by atoms with Crippen molar-refractivity contribution in [3.05, 3.63) is 37.1 Å². The first-order valence-corrected chi connectivity index (χ1v) is 7.68. The zero-order chi connectivity index (χ0) is 13.8. The van der Waals surface area contributed by atoms with E-state index in [1.165, 1.54) is 4.68 Å². The van der Waals surface area contributed by atoms with Gasteiger partial charge in [-0.3, -0.25) is 4.79 Å². The Bertz CT molecular complexity index is 622. The standard InChI is InChI=1S/C12H15BrN4OS/c1-3-10-16-8(7-19-10)4-5-14-9-6-15-17(2)12(18)11(9)13/h6-7,14H,3-5H2,1-2H3. The van der Waals surface area contributed by atoms with Gasteiger partial charge in [-0.15, -0.1) is 11.3 Å². The van der Waals surface area contributed by atoms with E-state index in [0.717, 1.165) is 30.1 Å². The third-order valence-corrected chi connectivity index (χ3v) is 4.48. The number of aromatic nitrogens is 3. The van der Waals surface area contributed by atoms with E-state index < -0.39 is 0 Å². The molecule has 0 atom stereocenters. The third-order valence-electron chi connectivity index (χ3n) is 2.68. The molecule has 102 valence electrons. The first-order valence-electron chi connectivity index (χ1n) is 6.00. The van der Waals surface area contributed by atoms with Crippen LogP contribution < -0.4 is 10.9 Å². The van der Waals surface area contributed by atoms with Crippen LogP contribution in [0, 0.1) is 0 Å². The molecule has 2 aromatic heterocycles. The van der Waals surface area contributed by atoms with Gasteiger partial charge in [-0.25, -0.2) is 9.67 Å². The molecule has 2 rings (SSSR count). The van der Waals surface area contributed by atoms with Crippen molar-refractivity contribution in [3.8, 4) is 0 Å². The molecule has 0 bridgehead atoms. The molecule has 0 radical (unpaired) electrons. The van der Waals surface area contributed by atoms with Gasteiger partial charge >= 0.3 is 0 Å². The minimum atomic E-state index is -0.146. The van der Waals surface area contributed by atoms with Gasteiger partial charge in [0, 0.05) is 25.4 Å². The zero-order valence-corrected chi connectivity index (χ0v) is 13.2. The molecule has 0 fully saturated rings. The molecule has 0 spiro atoms. The number of nitrogens with zero attached hydrogens (tertiary/aromatic N) is 3. The SMILES string of the molecule is CCc1nc(CCNc2cnn(C)c(=O)c2Br)cs1. The van der Waals surface area contributed by atoms with Crippen LogP contribution in [0.3, 0.4) is 0 Å². The van der Waals surface area contributed by atoms with Gasteiger partial charge in [-0.1, -0.05) is 6.92 Å². The minimum absolute atomic E-state index is 0.146. The minimum Gasteiger partial charge on any atom is -0.382 e. The van der Waals surface area contributed by atoms with Crippen LogP contribution in [-0.4, -0.2) is 21.3 Å². The lowest BCUT2D eigenvalue weighted by Gasteiger charge is -2.07. The highest BCUT2D eigenvalue weighted by atomic mass is 79.9. The molecule has 0 unspecified atom stereocenters. The lowest BCUT2D eigenvalue weighted by atomic mass is 10.3. The Morgan fingerprint density at radius 3 is 3.00 bits per heavy atom. The van der Waals surface area contributed by atoms with E-state index in [2.05, 4.69) is 43.6 Å². The normalized spacial score (nSPS) is 10.7. The third kappa shape index (κ3) is 3.42. The Kier molecular flexibility index (Phi) is 4.71. The number of hydrogen-bond acceptors (Lipinski definition) is 5.